The third-order valence-corrected chi connectivity index (χ3v) is 6.43. The molecule has 0 atom stereocenters. The molecule has 31 heavy (non-hydrogen) atoms. The summed E-state index contributed by atoms with van der Waals surface area (Å²) in [6.45, 7) is 1.93. The minimum absolute atomic E-state index is 0.312. The second-order valence-corrected chi connectivity index (χ2v) is 8.42. The Bertz CT molecular complexity index is 1240. The van der Waals surface area contributed by atoms with Gasteiger partial charge in [-0.15, -0.1) is 11.3 Å². The highest BCUT2D eigenvalue weighted by Crippen LogP contribution is 2.34. The fraction of sp³-hybridized carbons (Fsp3) is 0.0870. The zero-order valence-corrected chi connectivity index (χ0v) is 18.5. The van der Waals surface area contributed by atoms with Crippen LogP contribution in [0.5, 0.6) is 5.75 Å². The standard InChI is InChI=1S/C23H19N3O3S2/c1-14-15(21-24-18-10-4-6-13-20(18)30-21)9-7-11-17(14)25-23(28)26-31-22(27)16-8-3-5-12-19(16)29-2/h3-13H,1-2H3,(H2,25,26,28). The van der Waals surface area contributed by atoms with Gasteiger partial charge in [-0.25, -0.2) is 9.78 Å². The smallest absolute Gasteiger partial charge is 0.329 e. The number of hydrogen-bond donors (Lipinski definition) is 2. The molecule has 0 aliphatic rings. The molecule has 0 fully saturated rings. The van der Waals surface area contributed by atoms with E-state index in [1.807, 2.05) is 49.4 Å². The number of thiazole rings is 1. The largest absolute Gasteiger partial charge is 0.496 e. The van der Waals surface area contributed by atoms with Crippen molar-refractivity contribution in [3.05, 3.63) is 77.9 Å². The van der Waals surface area contributed by atoms with Gasteiger partial charge in [0, 0.05) is 23.2 Å². The molecule has 156 valence electrons. The van der Waals surface area contributed by atoms with E-state index in [1.54, 1.807) is 35.6 Å². The van der Waals surface area contributed by atoms with Crippen molar-refractivity contribution in [2.24, 2.45) is 0 Å². The molecule has 4 rings (SSSR count). The number of rotatable bonds is 4. The summed E-state index contributed by atoms with van der Waals surface area (Å²) in [5, 5.41) is 3.39. The maximum atomic E-state index is 12.4. The van der Waals surface area contributed by atoms with E-state index in [-0.39, 0.29) is 5.12 Å². The number of para-hydroxylation sites is 2. The van der Waals surface area contributed by atoms with Gasteiger partial charge in [0.05, 0.1) is 22.9 Å². The van der Waals surface area contributed by atoms with Crippen molar-refractivity contribution < 1.29 is 14.3 Å². The van der Waals surface area contributed by atoms with E-state index in [4.69, 9.17) is 9.72 Å². The number of carbonyl (C=O) groups excluding carboxylic acids is 2. The van der Waals surface area contributed by atoms with Gasteiger partial charge in [0.15, 0.2) is 0 Å². The molecular weight excluding hydrogens is 430 g/mol. The first-order valence-electron chi connectivity index (χ1n) is 9.43. The van der Waals surface area contributed by atoms with Gasteiger partial charge in [-0.2, -0.15) is 0 Å². The van der Waals surface area contributed by atoms with Crippen molar-refractivity contribution in [2.45, 2.75) is 6.92 Å². The van der Waals surface area contributed by atoms with E-state index >= 15 is 0 Å². The van der Waals surface area contributed by atoms with Crippen LogP contribution in [0.4, 0.5) is 10.5 Å². The third-order valence-electron chi connectivity index (χ3n) is 4.67. The summed E-state index contributed by atoms with van der Waals surface area (Å²) < 4.78 is 8.84. The van der Waals surface area contributed by atoms with Crippen molar-refractivity contribution >= 4 is 50.3 Å². The number of carbonyl (C=O) groups is 2. The predicted molar refractivity (Wildman–Crippen MR) is 127 cm³/mol. The summed E-state index contributed by atoms with van der Waals surface area (Å²) in [4.78, 5) is 29.5. The van der Waals surface area contributed by atoms with Crippen LogP contribution in [0.1, 0.15) is 15.9 Å². The predicted octanol–water partition coefficient (Wildman–Crippen LogP) is 5.89. The van der Waals surface area contributed by atoms with Gasteiger partial charge in [0.1, 0.15) is 10.8 Å². The van der Waals surface area contributed by atoms with Crippen molar-refractivity contribution in [3.63, 3.8) is 0 Å². The SMILES string of the molecule is COc1ccccc1C(=O)SNC(=O)Nc1cccc(-c2nc3ccccc3s2)c1C. The number of benzene rings is 3. The lowest BCUT2D eigenvalue weighted by atomic mass is 10.1. The zero-order valence-electron chi connectivity index (χ0n) is 16.8. The first-order chi connectivity index (χ1) is 15.1. The fourth-order valence-electron chi connectivity index (χ4n) is 3.10. The molecule has 0 unspecified atom stereocenters. The summed E-state index contributed by atoms with van der Waals surface area (Å²) in [6.07, 6.45) is 0. The van der Waals surface area contributed by atoms with Gasteiger partial charge in [-0.05, 0) is 42.8 Å². The van der Waals surface area contributed by atoms with Crippen LogP contribution >= 0.6 is 23.3 Å². The number of methoxy groups -OCH3 is 1. The summed E-state index contributed by atoms with van der Waals surface area (Å²) in [6, 6.07) is 20.0. The molecule has 4 aromatic rings. The normalized spacial score (nSPS) is 10.6. The lowest BCUT2D eigenvalue weighted by Crippen LogP contribution is -2.24. The molecule has 8 heteroatoms. The van der Waals surface area contributed by atoms with Crippen LogP contribution in [0, 0.1) is 6.92 Å². The fourth-order valence-corrected chi connectivity index (χ4v) is 4.66. The Labute approximate surface area is 187 Å². The van der Waals surface area contributed by atoms with Gasteiger partial charge < -0.3 is 10.1 Å². The molecule has 1 heterocycles. The van der Waals surface area contributed by atoms with Crippen LogP contribution < -0.4 is 14.8 Å². The van der Waals surface area contributed by atoms with E-state index in [9.17, 15) is 9.59 Å². The van der Waals surface area contributed by atoms with Gasteiger partial charge >= 0.3 is 6.03 Å². The molecule has 0 aliphatic carbocycles. The van der Waals surface area contributed by atoms with E-state index in [2.05, 4.69) is 10.0 Å². The Kier molecular flexibility index (Phi) is 6.20. The average molecular weight is 450 g/mol. The van der Waals surface area contributed by atoms with Gasteiger partial charge in [0.2, 0.25) is 5.12 Å². The monoisotopic (exact) mass is 449 g/mol. The topological polar surface area (TPSA) is 80.3 Å². The molecule has 0 saturated carbocycles. The number of fused-ring (bicyclic) bond motifs is 1. The van der Waals surface area contributed by atoms with E-state index in [1.165, 1.54) is 7.11 Å². The average Bonchev–Trinajstić information content (AvgIpc) is 3.23. The number of anilines is 1. The number of ether oxygens (including phenoxy) is 1. The Hall–Kier alpha value is -3.36. The molecule has 2 amide bonds. The van der Waals surface area contributed by atoms with Gasteiger partial charge in [0.25, 0.3) is 0 Å². The van der Waals surface area contributed by atoms with Crippen molar-refractivity contribution in [2.75, 3.05) is 12.4 Å². The highest BCUT2D eigenvalue weighted by molar-refractivity contribution is 8.12. The van der Waals surface area contributed by atoms with Crippen LogP contribution in [0.3, 0.4) is 0 Å². The number of nitrogens with zero attached hydrogens (tertiary/aromatic N) is 1. The van der Waals surface area contributed by atoms with Gasteiger partial charge in [-0.3, -0.25) is 9.52 Å². The molecule has 0 radical (unpaired) electrons. The van der Waals surface area contributed by atoms with Crippen LogP contribution in [0.25, 0.3) is 20.8 Å². The molecule has 2 N–H and O–H groups in total. The van der Waals surface area contributed by atoms with E-state index in [0.717, 1.165) is 26.4 Å². The second kappa shape index (κ2) is 9.20. The molecule has 0 bridgehead atoms. The molecule has 1 aromatic heterocycles. The van der Waals surface area contributed by atoms with Crippen molar-refractivity contribution in [3.8, 4) is 16.3 Å². The lowest BCUT2D eigenvalue weighted by molar-refractivity contribution is 0.108. The van der Waals surface area contributed by atoms with Crippen LogP contribution in [-0.4, -0.2) is 23.2 Å². The quantitative estimate of drug-likeness (QED) is 0.380. The summed E-state index contributed by atoms with van der Waals surface area (Å²) >= 11 is 2.31. The number of nitrogens with one attached hydrogen (secondary N) is 2. The molecule has 0 saturated heterocycles. The van der Waals surface area contributed by atoms with Crippen molar-refractivity contribution in [1.82, 2.24) is 9.71 Å². The summed E-state index contributed by atoms with van der Waals surface area (Å²) in [7, 11) is 1.50. The molecule has 6 nitrogen and oxygen atoms in total. The van der Waals surface area contributed by atoms with Gasteiger partial charge in [-0.1, -0.05) is 36.4 Å². The summed E-state index contributed by atoms with van der Waals surface area (Å²) in [5.41, 5.74) is 3.85. The Balaban J connectivity index is 1.46. The molecule has 0 aliphatic heterocycles. The van der Waals surface area contributed by atoms with E-state index in [0.29, 0.717) is 28.9 Å². The second-order valence-electron chi connectivity index (χ2n) is 6.61. The van der Waals surface area contributed by atoms with Crippen LogP contribution in [0.15, 0.2) is 66.7 Å². The Morgan fingerprint density at radius 2 is 1.77 bits per heavy atom. The Morgan fingerprint density at radius 3 is 2.58 bits per heavy atom. The highest BCUT2D eigenvalue weighted by atomic mass is 32.2. The maximum absolute atomic E-state index is 12.4. The number of hydrogen-bond acceptors (Lipinski definition) is 6. The maximum Gasteiger partial charge on any atom is 0.329 e. The first-order valence-corrected chi connectivity index (χ1v) is 11.1. The minimum Gasteiger partial charge on any atom is -0.496 e. The molecule has 3 aromatic carbocycles. The number of urea groups is 1. The lowest BCUT2D eigenvalue weighted by Gasteiger charge is -2.12. The minimum atomic E-state index is -0.488. The van der Waals surface area contributed by atoms with Crippen LogP contribution in [0.2, 0.25) is 0 Å². The highest BCUT2D eigenvalue weighted by Gasteiger charge is 2.16. The first kappa shape index (κ1) is 20.9. The van der Waals surface area contributed by atoms with E-state index < -0.39 is 6.03 Å². The van der Waals surface area contributed by atoms with Crippen molar-refractivity contribution in [1.29, 1.82) is 0 Å². The summed E-state index contributed by atoms with van der Waals surface area (Å²) in [5.74, 6) is 0.460. The van der Waals surface area contributed by atoms with Crippen LogP contribution in [-0.2, 0) is 0 Å². The zero-order chi connectivity index (χ0) is 21.8. The molecule has 0 spiro atoms. The number of amides is 2. The number of aromatic nitrogens is 1. The molecular formula is C23H19N3O3S2. The Morgan fingerprint density at radius 1 is 1.00 bits per heavy atom. The third kappa shape index (κ3) is 4.55.